The Labute approximate surface area is 165 Å². The Kier molecular flexibility index (Phi) is 4.90. The minimum Gasteiger partial charge on any atom is -0.460 e. The molecule has 0 aliphatic rings. The van der Waals surface area contributed by atoms with Crippen molar-refractivity contribution in [3.63, 3.8) is 0 Å². The van der Waals surface area contributed by atoms with Gasteiger partial charge in [-0.2, -0.15) is 5.10 Å². The molecule has 0 fully saturated rings. The van der Waals surface area contributed by atoms with E-state index >= 15 is 0 Å². The third kappa shape index (κ3) is 4.22. The molecule has 0 amide bonds. The quantitative estimate of drug-likeness (QED) is 0.205. The highest BCUT2D eigenvalue weighted by Crippen LogP contribution is 2.15. The van der Waals surface area contributed by atoms with E-state index in [0.29, 0.717) is 17.1 Å². The Morgan fingerprint density at radius 1 is 1.14 bits per heavy atom. The van der Waals surface area contributed by atoms with E-state index in [1.165, 1.54) is 23.2 Å². The molecule has 1 aromatic carbocycles. The first-order valence-corrected chi connectivity index (χ1v) is 8.80. The standard InChI is InChI=1S/C21H16N4O4/c26-21(16-3-5-17(6-4-16)23-11-1-2-12-23)10-9-19-7-8-20(29-19)15-24-14-18(13-22-24)25(27)28/h1-14H,15H2/b10-9+. The molecule has 0 bridgehead atoms. The third-order valence-electron chi connectivity index (χ3n) is 4.28. The zero-order chi connectivity index (χ0) is 20.2. The van der Waals surface area contributed by atoms with Gasteiger partial charge in [-0.3, -0.25) is 19.6 Å². The lowest BCUT2D eigenvalue weighted by molar-refractivity contribution is -0.385. The highest BCUT2D eigenvalue weighted by Gasteiger charge is 2.10. The Hall–Kier alpha value is -4.20. The molecule has 0 spiro atoms. The first-order valence-electron chi connectivity index (χ1n) is 8.80. The number of allylic oxidation sites excluding steroid dienone is 1. The summed E-state index contributed by atoms with van der Waals surface area (Å²) >= 11 is 0. The van der Waals surface area contributed by atoms with Gasteiger partial charge in [-0.25, -0.2) is 0 Å². The third-order valence-corrected chi connectivity index (χ3v) is 4.28. The fourth-order valence-corrected chi connectivity index (χ4v) is 2.82. The van der Waals surface area contributed by atoms with Crippen molar-refractivity contribution in [2.45, 2.75) is 6.54 Å². The molecule has 0 saturated carbocycles. The summed E-state index contributed by atoms with van der Waals surface area (Å²) in [6, 6.07) is 14.7. The molecule has 0 aliphatic heterocycles. The fourth-order valence-electron chi connectivity index (χ4n) is 2.82. The molecule has 0 atom stereocenters. The summed E-state index contributed by atoms with van der Waals surface area (Å²) in [5, 5.41) is 14.6. The van der Waals surface area contributed by atoms with Crippen molar-refractivity contribution in [1.29, 1.82) is 0 Å². The lowest BCUT2D eigenvalue weighted by Gasteiger charge is -2.03. The van der Waals surface area contributed by atoms with Gasteiger partial charge in [0.05, 0.1) is 11.5 Å². The molecule has 144 valence electrons. The van der Waals surface area contributed by atoms with E-state index in [-0.39, 0.29) is 18.0 Å². The maximum Gasteiger partial charge on any atom is 0.307 e. The van der Waals surface area contributed by atoms with Crippen LogP contribution in [0.15, 0.2) is 83.8 Å². The van der Waals surface area contributed by atoms with Crippen molar-refractivity contribution in [1.82, 2.24) is 14.3 Å². The van der Waals surface area contributed by atoms with Crippen LogP contribution in [0.3, 0.4) is 0 Å². The number of nitro groups is 1. The second-order valence-electron chi connectivity index (χ2n) is 6.29. The van der Waals surface area contributed by atoms with E-state index in [2.05, 4.69) is 5.10 Å². The van der Waals surface area contributed by atoms with Gasteiger partial charge in [0, 0.05) is 23.6 Å². The highest BCUT2D eigenvalue weighted by molar-refractivity contribution is 6.06. The van der Waals surface area contributed by atoms with Crippen LogP contribution in [0.2, 0.25) is 0 Å². The summed E-state index contributed by atoms with van der Waals surface area (Å²) in [6.07, 6.45) is 9.44. The molecule has 3 heterocycles. The average Bonchev–Trinajstić information content (AvgIpc) is 3.48. The van der Waals surface area contributed by atoms with E-state index < -0.39 is 4.92 Å². The topological polar surface area (TPSA) is 96.1 Å². The summed E-state index contributed by atoms with van der Waals surface area (Å²) in [6.45, 7) is 0.260. The number of nitrogens with zero attached hydrogens (tertiary/aromatic N) is 4. The number of benzene rings is 1. The van der Waals surface area contributed by atoms with Crippen molar-refractivity contribution in [3.05, 3.63) is 107 Å². The zero-order valence-electron chi connectivity index (χ0n) is 15.2. The van der Waals surface area contributed by atoms with Gasteiger partial charge in [-0.1, -0.05) is 0 Å². The van der Waals surface area contributed by atoms with Crippen LogP contribution in [0.5, 0.6) is 0 Å². The Morgan fingerprint density at radius 3 is 2.59 bits per heavy atom. The van der Waals surface area contributed by atoms with E-state index in [4.69, 9.17) is 4.42 Å². The molecule has 8 heteroatoms. The summed E-state index contributed by atoms with van der Waals surface area (Å²) in [5.41, 5.74) is 1.47. The normalized spacial score (nSPS) is 11.2. The lowest BCUT2D eigenvalue weighted by atomic mass is 10.1. The van der Waals surface area contributed by atoms with E-state index in [1.54, 1.807) is 30.3 Å². The largest absolute Gasteiger partial charge is 0.460 e. The summed E-state index contributed by atoms with van der Waals surface area (Å²) < 4.78 is 9.02. The second kappa shape index (κ2) is 7.81. The predicted octanol–water partition coefficient (Wildman–Crippen LogP) is 4.12. The van der Waals surface area contributed by atoms with Gasteiger partial charge in [-0.15, -0.1) is 0 Å². The van der Waals surface area contributed by atoms with E-state index in [1.807, 2.05) is 41.2 Å². The number of hydrogen-bond acceptors (Lipinski definition) is 5. The second-order valence-corrected chi connectivity index (χ2v) is 6.29. The monoisotopic (exact) mass is 388 g/mol. The number of carbonyl (C=O) groups is 1. The van der Waals surface area contributed by atoms with Crippen LogP contribution in [-0.4, -0.2) is 25.1 Å². The van der Waals surface area contributed by atoms with E-state index in [9.17, 15) is 14.9 Å². The summed E-state index contributed by atoms with van der Waals surface area (Å²) in [4.78, 5) is 22.6. The molecule has 0 radical (unpaired) electrons. The van der Waals surface area contributed by atoms with Crippen LogP contribution in [0.1, 0.15) is 21.9 Å². The Morgan fingerprint density at radius 2 is 1.90 bits per heavy atom. The van der Waals surface area contributed by atoms with Crippen molar-refractivity contribution in [2.75, 3.05) is 0 Å². The lowest BCUT2D eigenvalue weighted by Crippen LogP contribution is -1.98. The van der Waals surface area contributed by atoms with Crippen molar-refractivity contribution >= 4 is 17.5 Å². The summed E-state index contributed by atoms with van der Waals surface area (Å²) in [5.74, 6) is 0.954. The fraction of sp³-hybridized carbons (Fsp3) is 0.0476. The van der Waals surface area contributed by atoms with Crippen LogP contribution in [0.4, 0.5) is 5.69 Å². The SMILES string of the molecule is O=C(/C=C/c1ccc(Cn2cc([N+](=O)[O-])cn2)o1)c1ccc(-n2cccc2)cc1. The van der Waals surface area contributed by atoms with Gasteiger partial charge in [0.2, 0.25) is 0 Å². The van der Waals surface area contributed by atoms with Crippen LogP contribution in [0, 0.1) is 10.1 Å². The molecular formula is C21H16N4O4. The molecule has 8 nitrogen and oxygen atoms in total. The Balaban J connectivity index is 1.40. The summed E-state index contributed by atoms with van der Waals surface area (Å²) in [7, 11) is 0. The molecular weight excluding hydrogens is 372 g/mol. The first-order chi connectivity index (χ1) is 14.1. The highest BCUT2D eigenvalue weighted by atomic mass is 16.6. The number of aromatic nitrogens is 3. The molecule has 0 N–H and O–H groups in total. The van der Waals surface area contributed by atoms with Gasteiger partial charge < -0.3 is 8.98 Å². The van der Waals surface area contributed by atoms with Crippen LogP contribution >= 0.6 is 0 Å². The number of rotatable bonds is 7. The zero-order valence-corrected chi connectivity index (χ0v) is 15.2. The van der Waals surface area contributed by atoms with Crippen LogP contribution in [-0.2, 0) is 6.54 Å². The number of furan rings is 1. The van der Waals surface area contributed by atoms with Crippen LogP contribution < -0.4 is 0 Å². The molecule has 4 aromatic rings. The first kappa shape index (κ1) is 18.2. The van der Waals surface area contributed by atoms with Gasteiger partial charge in [0.1, 0.15) is 23.9 Å². The van der Waals surface area contributed by atoms with Gasteiger partial charge >= 0.3 is 5.69 Å². The number of ketones is 1. The maximum absolute atomic E-state index is 12.4. The maximum atomic E-state index is 12.4. The molecule has 0 aliphatic carbocycles. The molecule has 3 aromatic heterocycles. The molecule has 29 heavy (non-hydrogen) atoms. The molecule has 0 saturated heterocycles. The van der Waals surface area contributed by atoms with Gasteiger partial charge in [0.25, 0.3) is 0 Å². The van der Waals surface area contributed by atoms with Crippen molar-refractivity contribution < 1.29 is 14.1 Å². The minimum atomic E-state index is -0.503. The number of hydrogen-bond donors (Lipinski definition) is 0. The van der Waals surface area contributed by atoms with Crippen LogP contribution in [0.25, 0.3) is 11.8 Å². The van der Waals surface area contributed by atoms with Crippen molar-refractivity contribution in [2.24, 2.45) is 0 Å². The van der Waals surface area contributed by atoms with Gasteiger partial charge in [0.15, 0.2) is 5.78 Å². The van der Waals surface area contributed by atoms with Crippen molar-refractivity contribution in [3.8, 4) is 5.69 Å². The Bertz CT molecular complexity index is 1170. The molecule has 4 rings (SSSR count). The smallest absolute Gasteiger partial charge is 0.307 e. The van der Waals surface area contributed by atoms with E-state index in [0.717, 1.165) is 5.69 Å². The minimum absolute atomic E-state index is 0.0786. The average molecular weight is 388 g/mol. The van der Waals surface area contributed by atoms with Gasteiger partial charge in [-0.05, 0) is 60.7 Å². The number of carbonyl (C=O) groups excluding carboxylic acids is 1. The predicted molar refractivity (Wildman–Crippen MR) is 106 cm³/mol. The molecule has 0 unspecified atom stereocenters.